The molecule has 13 heteroatoms. The predicted molar refractivity (Wildman–Crippen MR) is 67.5 cm³/mol. The molecule has 0 radical (unpaired) electrons. The van der Waals surface area contributed by atoms with Gasteiger partial charge in [-0.05, 0) is 6.42 Å². The van der Waals surface area contributed by atoms with Gasteiger partial charge in [0.1, 0.15) is 0 Å². The van der Waals surface area contributed by atoms with E-state index in [0.29, 0.717) is 0 Å². The van der Waals surface area contributed by atoms with Crippen LogP contribution in [0.25, 0.3) is 0 Å². The molecule has 118 valence electrons. The lowest BCUT2D eigenvalue weighted by Crippen LogP contribution is -2.42. The molecule has 0 aliphatic rings. The van der Waals surface area contributed by atoms with Crippen molar-refractivity contribution in [1.82, 2.24) is 5.32 Å². The molecule has 0 aliphatic carbocycles. The molecule has 1 atom stereocenters. The first kappa shape index (κ1) is 19.4. The highest BCUT2D eigenvalue weighted by Gasteiger charge is 2.44. The van der Waals surface area contributed by atoms with Gasteiger partial charge in [-0.25, -0.2) is 0 Å². The fraction of sp³-hybridized carbons (Fsp3) is 0.714. The standard InChI is InChI=1S/C7H17N3O8P2/c8-2-6(12)10-3-5(11)4(9)1-7(19(13,14)15)20(16,17)18/h4,7H,1-3,8-9H2,(H,10,12)(H2,13,14,15)(H2,16,17,18). The number of amides is 1. The van der Waals surface area contributed by atoms with Crippen LogP contribution in [-0.2, 0) is 18.7 Å². The Balaban J connectivity index is 4.74. The Kier molecular flexibility index (Phi) is 7.16. The van der Waals surface area contributed by atoms with Crippen LogP contribution >= 0.6 is 15.2 Å². The summed E-state index contributed by atoms with van der Waals surface area (Å²) in [6.45, 7) is -0.914. The quantitative estimate of drug-likeness (QED) is 0.224. The van der Waals surface area contributed by atoms with Gasteiger partial charge >= 0.3 is 15.2 Å². The van der Waals surface area contributed by atoms with Crippen LogP contribution in [0.15, 0.2) is 0 Å². The zero-order valence-corrected chi connectivity index (χ0v) is 12.0. The lowest BCUT2D eigenvalue weighted by atomic mass is 10.1. The Morgan fingerprint density at radius 1 is 1.10 bits per heavy atom. The molecule has 1 amide bonds. The lowest BCUT2D eigenvalue weighted by Gasteiger charge is -2.22. The van der Waals surface area contributed by atoms with Crippen LogP contribution in [0, 0.1) is 0 Å². The van der Waals surface area contributed by atoms with Crippen molar-refractivity contribution in [3.63, 3.8) is 0 Å². The van der Waals surface area contributed by atoms with Gasteiger partial charge in [-0.1, -0.05) is 0 Å². The molecule has 0 aromatic rings. The maximum absolute atomic E-state index is 11.5. The largest absolute Gasteiger partial charge is 0.348 e. The monoisotopic (exact) mass is 333 g/mol. The second-order valence-electron chi connectivity index (χ2n) is 3.95. The molecule has 0 saturated carbocycles. The summed E-state index contributed by atoms with van der Waals surface area (Å²) >= 11 is 0. The molecule has 0 rings (SSSR count). The third-order valence-electron chi connectivity index (χ3n) is 2.30. The number of nitrogens with one attached hydrogen (secondary N) is 1. The molecule has 0 aliphatic heterocycles. The number of ketones is 1. The van der Waals surface area contributed by atoms with Crippen molar-refractivity contribution in [3.8, 4) is 0 Å². The van der Waals surface area contributed by atoms with Crippen molar-refractivity contribution in [1.29, 1.82) is 0 Å². The molecule has 0 bridgehead atoms. The third-order valence-corrected chi connectivity index (χ3v) is 6.08. The van der Waals surface area contributed by atoms with Gasteiger partial charge in [0, 0.05) is 0 Å². The summed E-state index contributed by atoms with van der Waals surface area (Å²) in [6.07, 6.45) is -0.911. The summed E-state index contributed by atoms with van der Waals surface area (Å²) in [4.78, 5) is 57.7. The van der Waals surface area contributed by atoms with Crippen LogP contribution in [0.3, 0.4) is 0 Å². The highest BCUT2D eigenvalue weighted by Crippen LogP contribution is 2.61. The molecule has 20 heavy (non-hydrogen) atoms. The summed E-state index contributed by atoms with van der Waals surface area (Å²) in [6, 6.07) is -1.54. The van der Waals surface area contributed by atoms with Gasteiger partial charge in [0.25, 0.3) is 0 Å². The topological polar surface area (TPSA) is 213 Å². The minimum absolute atomic E-state index is 0.365. The maximum atomic E-state index is 11.5. The van der Waals surface area contributed by atoms with E-state index in [1.165, 1.54) is 0 Å². The third kappa shape index (κ3) is 6.69. The average Bonchev–Trinajstić information content (AvgIpc) is 2.28. The van der Waals surface area contributed by atoms with Crippen molar-refractivity contribution >= 4 is 26.9 Å². The van der Waals surface area contributed by atoms with E-state index >= 15 is 0 Å². The van der Waals surface area contributed by atoms with E-state index in [1.54, 1.807) is 0 Å². The van der Waals surface area contributed by atoms with E-state index in [9.17, 15) is 18.7 Å². The first-order valence-corrected chi connectivity index (χ1v) is 8.61. The highest BCUT2D eigenvalue weighted by molar-refractivity contribution is 7.70. The van der Waals surface area contributed by atoms with Crippen LogP contribution in [0.4, 0.5) is 0 Å². The molecule has 9 N–H and O–H groups in total. The van der Waals surface area contributed by atoms with Gasteiger partial charge in [-0.15, -0.1) is 0 Å². The Hall–Kier alpha value is -0.640. The maximum Gasteiger partial charge on any atom is 0.340 e. The van der Waals surface area contributed by atoms with Crippen LogP contribution in [0.2, 0.25) is 0 Å². The number of carbonyl (C=O) groups is 2. The van der Waals surface area contributed by atoms with Gasteiger partial charge in [0.15, 0.2) is 11.2 Å². The minimum Gasteiger partial charge on any atom is -0.348 e. The minimum atomic E-state index is -5.14. The molecule has 11 nitrogen and oxygen atoms in total. The van der Waals surface area contributed by atoms with Crippen LogP contribution < -0.4 is 16.8 Å². The molecule has 0 heterocycles. The van der Waals surface area contributed by atoms with Gasteiger partial charge < -0.3 is 36.4 Å². The zero-order chi connectivity index (χ0) is 16.1. The molecule has 0 spiro atoms. The van der Waals surface area contributed by atoms with Gasteiger partial charge in [-0.2, -0.15) is 0 Å². The summed E-state index contributed by atoms with van der Waals surface area (Å²) in [7, 11) is -10.3. The number of Topliss-reactive ketones (excluding diaryl/α,β-unsaturated/α-hetero) is 1. The number of carbonyl (C=O) groups excluding carboxylic acids is 2. The molecular formula is C7H17N3O8P2. The highest BCUT2D eigenvalue weighted by atomic mass is 31.2. The molecule has 0 saturated heterocycles. The van der Waals surface area contributed by atoms with Crippen molar-refractivity contribution in [2.24, 2.45) is 11.5 Å². The second-order valence-corrected chi connectivity index (χ2v) is 7.96. The van der Waals surface area contributed by atoms with Gasteiger partial charge in [-0.3, -0.25) is 18.7 Å². The van der Waals surface area contributed by atoms with Gasteiger partial charge in [0.05, 0.1) is 19.1 Å². The van der Waals surface area contributed by atoms with E-state index in [0.717, 1.165) is 0 Å². The van der Waals surface area contributed by atoms with E-state index < -0.39 is 51.3 Å². The Bertz CT molecular complexity index is 435. The fourth-order valence-electron chi connectivity index (χ4n) is 1.22. The normalized spacial score (nSPS) is 14.2. The van der Waals surface area contributed by atoms with Crippen LogP contribution in [-0.4, -0.2) is 55.8 Å². The first-order valence-electron chi connectivity index (χ1n) is 5.25. The Morgan fingerprint density at radius 2 is 1.55 bits per heavy atom. The van der Waals surface area contributed by atoms with Crippen molar-refractivity contribution in [2.75, 3.05) is 13.1 Å². The van der Waals surface area contributed by atoms with Gasteiger partial charge in [0.2, 0.25) is 5.91 Å². The summed E-state index contributed by atoms with van der Waals surface area (Å²) in [5, 5.41) is -0.280. The van der Waals surface area contributed by atoms with E-state index in [1.807, 2.05) is 0 Å². The Labute approximate surface area is 114 Å². The Morgan fingerprint density at radius 3 is 1.90 bits per heavy atom. The smallest absolute Gasteiger partial charge is 0.340 e. The summed E-state index contributed by atoms with van der Waals surface area (Å²) in [5.74, 6) is -1.48. The predicted octanol–water partition coefficient (Wildman–Crippen LogP) is -2.97. The molecule has 0 fully saturated rings. The van der Waals surface area contributed by atoms with E-state index in [-0.39, 0.29) is 6.54 Å². The van der Waals surface area contributed by atoms with E-state index in [4.69, 9.17) is 31.0 Å². The molecular weight excluding hydrogens is 316 g/mol. The van der Waals surface area contributed by atoms with Crippen LogP contribution in [0.5, 0.6) is 0 Å². The summed E-state index contributed by atoms with van der Waals surface area (Å²) < 4.78 is 22.0. The van der Waals surface area contributed by atoms with Crippen molar-refractivity contribution in [3.05, 3.63) is 0 Å². The van der Waals surface area contributed by atoms with Crippen LogP contribution in [0.1, 0.15) is 6.42 Å². The van der Waals surface area contributed by atoms with Crippen molar-refractivity contribution < 1.29 is 38.3 Å². The zero-order valence-electron chi connectivity index (χ0n) is 10.2. The number of nitrogens with two attached hydrogens (primary N) is 2. The molecule has 0 aromatic heterocycles. The first-order chi connectivity index (χ1) is 8.89. The van der Waals surface area contributed by atoms with Crippen molar-refractivity contribution in [2.45, 2.75) is 17.9 Å². The number of hydrogen-bond acceptors (Lipinski definition) is 6. The number of rotatable bonds is 8. The summed E-state index contributed by atoms with van der Waals surface area (Å²) in [5.41, 5.74) is 10.3. The average molecular weight is 333 g/mol. The fourth-order valence-corrected chi connectivity index (χ4v) is 3.79. The second kappa shape index (κ2) is 7.39. The molecule has 0 aromatic carbocycles. The number of hydrogen-bond donors (Lipinski definition) is 7. The molecule has 1 unspecified atom stereocenters. The van der Waals surface area contributed by atoms with E-state index in [2.05, 4.69) is 5.32 Å². The lowest BCUT2D eigenvalue weighted by molar-refractivity contribution is -0.124. The SMILES string of the molecule is NCC(=O)NCC(=O)C(N)CC(P(=O)(O)O)P(=O)(O)O.